The van der Waals surface area contributed by atoms with E-state index in [1.165, 1.54) is 17.7 Å². The fraction of sp³-hybridized carbons (Fsp3) is 0.455. The smallest absolute Gasteiger partial charge is 0.158 e. The van der Waals surface area contributed by atoms with E-state index in [0.29, 0.717) is 0 Å². The van der Waals surface area contributed by atoms with Crippen LogP contribution < -0.4 is 0 Å². The van der Waals surface area contributed by atoms with Crippen molar-refractivity contribution < 1.29 is 13.9 Å². The van der Waals surface area contributed by atoms with Crippen LogP contribution in [0.5, 0.6) is 0 Å². The van der Waals surface area contributed by atoms with Gasteiger partial charge in [-0.1, -0.05) is 42.8 Å². The van der Waals surface area contributed by atoms with Gasteiger partial charge in [0.2, 0.25) is 0 Å². The van der Waals surface area contributed by atoms with Crippen LogP contribution in [0.25, 0.3) is 0 Å². The first-order valence-corrected chi connectivity index (χ1v) is 11.1. The molecule has 3 unspecified atom stereocenters. The topological polar surface area (TPSA) is 18.5 Å². The van der Waals surface area contributed by atoms with Gasteiger partial charge in [-0.2, -0.15) is 11.8 Å². The molecule has 0 amide bonds. The van der Waals surface area contributed by atoms with E-state index in [9.17, 15) is 4.39 Å². The molecule has 3 atom stereocenters. The average Bonchev–Trinajstić information content (AvgIpc) is 2.69. The Bertz CT molecular complexity index is 692. The summed E-state index contributed by atoms with van der Waals surface area (Å²) in [7, 11) is 0. The summed E-state index contributed by atoms with van der Waals surface area (Å²) in [6.07, 6.45) is 3.90. The van der Waals surface area contributed by atoms with E-state index in [0.717, 1.165) is 47.8 Å². The maximum Gasteiger partial charge on any atom is 0.158 e. The molecule has 2 aromatic rings. The predicted molar refractivity (Wildman–Crippen MR) is 111 cm³/mol. The van der Waals surface area contributed by atoms with Crippen LogP contribution in [0.15, 0.2) is 48.5 Å². The summed E-state index contributed by atoms with van der Waals surface area (Å²) in [5.41, 5.74) is 2.28. The van der Waals surface area contributed by atoms with E-state index in [1.54, 1.807) is 12.1 Å². The third-order valence-corrected chi connectivity index (χ3v) is 6.12. The first kappa shape index (κ1) is 20.7. The molecular formula is C22H26ClFO2S. The number of hydrogen-bond acceptors (Lipinski definition) is 3. The first-order chi connectivity index (χ1) is 13.1. The fourth-order valence-electron chi connectivity index (χ4n) is 3.25. The minimum Gasteiger partial charge on any atom is -0.349 e. The molecule has 1 aliphatic rings. The van der Waals surface area contributed by atoms with Gasteiger partial charge < -0.3 is 9.47 Å². The molecule has 5 heteroatoms. The second kappa shape index (κ2) is 10.5. The molecule has 0 spiro atoms. The van der Waals surface area contributed by atoms with Gasteiger partial charge in [-0.15, -0.1) is 0 Å². The van der Waals surface area contributed by atoms with Gasteiger partial charge in [0, 0.05) is 16.5 Å². The predicted octanol–water partition coefficient (Wildman–Crippen LogP) is 6.78. The number of hydrogen-bond donors (Lipinski definition) is 0. The zero-order valence-electron chi connectivity index (χ0n) is 15.6. The molecule has 146 valence electrons. The van der Waals surface area contributed by atoms with Crippen molar-refractivity contribution in [3.63, 3.8) is 0 Å². The lowest BCUT2D eigenvalue weighted by Crippen LogP contribution is -2.32. The molecule has 0 aliphatic carbocycles. The van der Waals surface area contributed by atoms with Crippen molar-refractivity contribution in [1.29, 1.82) is 0 Å². The molecule has 1 fully saturated rings. The van der Waals surface area contributed by atoms with E-state index in [-0.39, 0.29) is 24.3 Å². The Morgan fingerprint density at radius 3 is 2.59 bits per heavy atom. The van der Waals surface area contributed by atoms with E-state index >= 15 is 0 Å². The number of rotatable bonds is 8. The standard InChI is InChI=1S/C22H26ClFO2S/c1-2-21(17-8-12-19(24)13-9-17)26-22-5-3-4-20(25-22)15-27-14-16-6-10-18(23)11-7-16/h6-13,20-22H,2-5,14-15H2,1H3. The Kier molecular flexibility index (Phi) is 8.01. The zero-order chi connectivity index (χ0) is 19.1. The van der Waals surface area contributed by atoms with Crippen LogP contribution in [0, 0.1) is 5.82 Å². The molecule has 0 aromatic heterocycles. The minimum absolute atomic E-state index is 0.0592. The molecule has 0 radical (unpaired) electrons. The quantitative estimate of drug-likeness (QED) is 0.479. The van der Waals surface area contributed by atoms with Crippen LogP contribution in [0.2, 0.25) is 5.02 Å². The van der Waals surface area contributed by atoms with Gasteiger partial charge in [0.1, 0.15) is 5.82 Å². The monoisotopic (exact) mass is 408 g/mol. The summed E-state index contributed by atoms with van der Waals surface area (Å²) in [5, 5.41) is 0.769. The lowest BCUT2D eigenvalue weighted by molar-refractivity contribution is -0.212. The van der Waals surface area contributed by atoms with Crippen molar-refractivity contribution in [2.45, 2.75) is 56.9 Å². The Balaban J connectivity index is 1.46. The largest absolute Gasteiger partial charge is 0.349 e. The van der Waals surface area contributed by atoms with Crippen LogP contribution in [0.1, 0.15) is 49.8 Å². The summed E-state index contributed by atoms with van der Waals surface area (Å²) >= 11 is 7.81. The highest BCUT2D eigenvalue weighted by atomic mass is 35.5. The molecule has 0 N–H and O–H groups in total. The number of ether oxygens (including phenoxy) is 2. The van der Waals surface area contributed by atoms with Crippen LogP contribution in [-0.2, 0) is 15.2 Å². The normalized spacial score (nSPS) is 21.1. The minimum atomic E-state index is -0.222. The molecule has 0 saturated carbocycles. The van der Waals surface area contributed by atoms with E-state index in [4.69, 9.17) is 21.1 Å². The van der Waals surface area contributed by atoms with Crippen LogP contribution in [-0.4, -0.2) is 18.1 Å². The SMILES string of the molecule is CCC(OC1CCCC(CSCc2ccc(Cl)cc2)O1)c1ccc(F)cc1. The zero-order valence-corrected chi connectivity index (χ0v) is 17.1. The molecule has 2 aromatic carbocycles. The third kappa shape index (κ3) is 6.49. The lowest BCUT2D eigenvalue weighted by atomic mass is 10.1. The maximum absolute atomic E-state index is 13.2. The summed E-state index contributed by atoms with van der Waals surface area (Å²) in [6, 6.07) is 14.6. The molecule has 1 aliphatic heterocycles. The van der Waals surface area contributed by atoms with Gasteiger partial charge >= 0.3 is 0 Å². The van der Waals surface area contributed by atoms with Crippen LogP contribution >= 0.6 is 23.4 Å². The Morgan fingerprint density at radius 1 is 1.15 bits per heavy atom. The highest BCUT2D eigenvalue weighted by Crippen LogP contribution is 2.30. The summed E-state index contributed by atoms with van der Waals surface area (Å²) in [5.74, 6) is 1.69. The molecule has 27 heavy (non-hydrogen) atoms. The van der Waals surface area contributed by atoms with Crippen molar-refractivity contribution in [2.24, 2.45) is 0 Å². The third-order valence-electron chi connectivity index (χ3n) is 4.72. The second-order valence-electron chi connectivity index (χ2n) is 6.84. The van der Waals surface area contributed by atoms with Gasteiger partial charge in [0.25, 0.3) is 0 Å². The summed E-state index contributed by atoms with van der Waals surface area (Å²) < 4.78 is 25.5. The van der Waals surface area contributed by atoms with Crippen molar-refractivity contribution in [3.8, 4) is 0 Å². The van der Waals surface area contributed by atoms with E-state index in [2.05, 4.69) is 19.1 Å². The Labute approximate surface area is 170 Å². The first-order valence-electron chi connectivity index (χ1n) is 9.52. The van der Waals surface area contributed by atoms with E-state index < -0.39 is 0 Å². The van der Waals surface area contributed by atoms with Crippen molar-refractivity contribution in [2.75, 3.05) is 5.75 Å². The second-order valence-corrected chi connectivity index (χ2v) is 8.31. The van der Waals surface area contributed by atoms with Gasteiger partial charge in [-0.05, 0) is 61.1 Å². The molecule has 2 nitrogen and oxygen atoms in total. The van der Waals surface area contributed by atoms with Crippen molar-refractivity contribution in [1.82, 2.24) is 0 Å². The lowest BCUT2D eigenvalue weighted by Gasteiger charge is -2.32. The molecular weight excluding hydrogens is 383 g/mol. The summed E-state index contributed by atoms with van der Waals surface area (Å²) in [4.78, 5) is 0. The number of thioether (sulfide) groups is 1. The van der Waals surface area contributed by atoms with Gasteiger partial charge in [0.15, 0.2) is 6.29 Å². The Morgan fingerprint density at radius 2 is 1.89 bits per heavy atom. The fourth-order valence-corrected chi connectivity index (χ4v) is 4.43. The molecule has 1 saturated heterocycles. The number of halogens is 2. The van der Waals surface area contributed by atoms with Gasteiger partial charge in [-0.3, -0.25) is 0 Å². The van der Waals surface area contributed by atoms with Gasteiger partial charge in [0.05, 0.1) is 12.2 Å². The molecule has 1 heterocycles. The average molecular weight is 409 g/mol. The number of benzene rings is 2. The van der Waals surface area contributed by atoms with Gasteiger partial charge in [-0.25, -0.2) is 4.39 Å². The van der Waals surface area contributed by atoms with Crippen LogP contribution in [0.3, 0.4) is 0 Å². The van der Waals surface area contributed by atoms with Crippen molar-refractivity contribution >= 4 is 23.4 Å². The summed E-state index contributed by atoms with van der Waals surface area (Å²) in [6.45, 7) is 2.08. The highest BCUT2D eigenvalue weighted by molar-refractivity contribution is 7.98. The Hall–Kier alpha value is -1.07. The highest BCUT2D eigenvalue weighted by Gasteiger charge is 2.25. The molecule has 0 bridgehead atoms. The maximum atomic E-state index is 13.2. The molecule has 3 rings (SSSR count). The van der Waals surface area contributed by atoms with E-state index in [1.807, 2.05) is 23.9 Å². The van der Waals surface area contributed by atoms with Crippen molar-refractivity contribution in [3.05, 3.63) is 70.5 Å². The van der Waals surface area contributed by atoms with Crippen LogP contribution in [0.4, 0.5) is 4.39 Å².